The average Bonchev–Trinajstić information content (AvgIpc) is 3.90. The summed E-state index contributed by atoms with van der Waals surface area (Å²) in [5, 5.41) is 3.19. The third-order valence-electron chi connectivity index (χ3n) is 10.3. The average molecular weight is 646 g/mol. The number of amides is 3. The molecule has 0 unspecified atom stereocenters. The minimum Gasteiger partial charge on any atom is -0.352 e. The molecule has 3 amide bonds. The molecule has 6 N–H and O–H groups in total. The van der Waals surface area contributed by atoms with E-state index in [0.717, 1.165) is 60.3 Å². The fraction of sp³-hybridized carbons (Fsp3) is 0.368. The minimum absolute atomic E-state index is 0.0812. The van der Waals surface area contributed by atoms with E-state index in [2.05, 4.69) is 34.6 Å². The number of benzene rings is 3. The monoisotopic (exact) mass is 645 g/mol. The van der Waals surface area contributed by atoms with Crippen LogP contribution in [0.25, 0.3) is 11.3 Å². The zero-order valence-electron chi connectivity index (χ0n) is 27.0. The lowest BCUT2D eigenvalue weighted by Crippen LogP contribution is -2.53. The predicted octanol–water partition coefficient (Wildman–Crippen LogP) is 4.49. The molecule has 0 radical (unpaired) electrons. The van der Waals surface area contributed by atoms with Crippen LogP contribution in [0.4, 0.5) is 0 Å². The normalized spacial score (nSPS) is 23.4. The van der Waals surface area contributed by atoms with E-state index in [1.54, 1.807) is 4.90 Å². The van der Waals surface area contributed by atoms with E-state index in [1.807, 2.05) is 71.8 Å². The summed E-state index contributed by atoms with van der Waals surface area (Å²) in [7, 11) is 0. The predicted molar refractivity (Wildman–Crippen MR) is 183 cm³/mol. The van der Waals surface area contributed by atoms with Crippen LogP contribution >= 0.6 is 0 Å². The Balaban J connectivity index is 0.921. The fourth-order valence-corrected chi connectivity index (χ4v) is 7.47. The van der Waals surface area contributed by atoms with Crippen LogP contribution < -0.4 is 16.8 Å². The standard InChI is InChI=1S/C38H43N7O3/c39-33(26-9-3-1-4-10-26)37(47)44-19-7-13-31(44)35-41-23-30(43-35)25-17-15-24(16-18-25)28-21-29(22-28)42-36(46)32-14-8-20-45(32)38(48)34(40)27-11-5-2-6-12-27/h1-6,9-12,15-18,23,28-29,31-34H,7-8,13-14,19-22,39-40H2,(H,41,43)(H,42,46)/t28?,29?,31-,32-,33+,34+/m0/s1. The van der Waals surface area contributed by atoms with E-state index in [9.17, 15) is 14.4 Å². The maximum atomic E-state index is 13.3. The lowest BCUT2D eigenvalue weighted by molar-refractivity contribution is -0.140. The number of rotatable bonds is 9. The summed E-state index contributed by atoms with van der Waals surface area (Å²) in [6.07, 6.45) is 6.82. The van der Waals surface area contributed by atoms with Crippen molar-refractivity contribution in [1.82, 2.24) is 25.1 Å². The van der Waals surface area contributed by atoms with Crippen LogP contribution in [0.2, 0.25) is 0 Å². The first-order valence-electron chi connectivity index (χ1n) is 17.1. The maximum absolute atomic E-state index is 13.3. The second-order valence-electron chi connectivity index (χ2n) is 13.3. The molecule has 7 rings (SSSR count). The molecule has 2 saturated heterocycles. The summed E-state index contributed by atoms with van der Waals surface area (Å²) in [4.78, 5) is 51.5. The number of likely N-dealkylation sites (tertiary alicyclic amines) is 2. The van der Waals surface area contributed by atoms with Gasteiger partial charge in [0.1, 0.15) is 23.9 Å². The second-order valence-corrected chi connectivity index (χ2v) is 13.3. The molecular weight excluding hydrogens is 602 g/mol. The van der Waals surface area contributed by atoms with Gasteiger partial charge >= 0.3 is 0 Å². The number of aromatic nitrogens is 2. The van der Waals surface area contributed by atoms with E-state index in [1.165, 1.54) is 5.56 Å². The van der Waals surface area contributed by atoms with Crippen molar-refractivity contribution in [3.8, 4) is 11.3 Å². The Morgan fingerprint density at radius 1 is 0.771 bits per heavy atom. The summed E-state index contributed by atoms with van der Waals surface area (Å²) < 4.78 is 0. The Hall–Kier alpha value is -4.80. The smallest absolute Gasteiger partial charge is 0.244 e. The van der Waals surface area contributed by atoms with Crippen LogP contribution in [0.3, 0.4) is 0 Å². The molecule has 0 spiro atoms. The molecule has 10 heteroatoms. The summed E-state index contributed by atoms with van der Waals surface area (Å²) in [6, 6.07) is 25.3. The lowest BCUT2D eigenvalue weighted by atomic mass is 9.75. The molecule has 1 aromatic heterocycles. The van der Waals surface area contributed by atoms with Crippen LogP contribution in [0, 0.1) is 0 Å². The van der Waals surface area contributed by atoms with Crippen LogP contribution in [0.1, 0.15) is 85.1 Å². The first-order valence-corrected chi connectivity index (χ1v) is 17.1. The van der Waals surface area contributed by atoms with Gasteiger partial charge in [0, 0.05) is 30.9 Å². The molecule has 0 bridgehead atoms. The lowest BCUT2D eigenvalue weighted by Gasteiger charge is -2.37. The Morgan fingerprint density at radius 3 is 2.00 bits per heavy atom. The molecule has 4 aromatic rings. The minimum atomic E-state index is -0.769. The number of hydrogen-bond donors (Lipinski definition) is 4. The van der Waals surface area contributed by atoms with E-state index < -0.39 is 18.1 Å². The second kappa shape index (κ2) is 13.7. The first kappa shape index (κ1) is 31.8. The van der Waals surface area contributed by atoms with Crippen molar-refractivity contribution in [3.05, 3.63) is 114 Å². The molecule has 4 atom stereocenters. The topological polar surface area (TPSA) is 150 Å². The summed E-state index contributed by atoms with van der Waals surface area (Å²) in [5.41, 5.74) is 17.3. The number of nitrogens with two attached hydrogens (primary N) is 2. The van der Waals surface area contributed by atoms with Gasteiger partial charge in [0.05, 0.1) is 11.7 Å². The molecular formula is C38H43N7O3. The van der Waals surface area contributed by atoms with E-state index >= 15 is 0 Å². The number of carbonyl (C=O) groups excluding carboxylic acids is 3. The molecule has 3 heterocycles. The SMILES string of the molecule is N[C@@H](C(=O)N1CCC[C@H]1C(=O)NC1CC(c2ccc(-c3c[nH]c([C@@H]4CCCN4C(=O)[C@H](N)c4ccccc4)n3)cc2)C1)c1ccccc1. The van der Waals surface area contributed by atoms with Gasteiger partial charge in [0.25, 0.3) is 0 Å². The van der Waals surface area contributed by atoms with Crippen molar-refractivity contribution < 1.29 is 14.4 Å². The van der Waals surface area contributed by atoms with E-state index in [4.69, 9.17) is 16.5 Å². The highest BCUT2D eigenvalue weighted by molar-refractivity contribution is 5.91. The number of aromatic amines is 1. The van der Waals surface area contributed by atoms with Crippen molar-refractivity contribution in [1.29, 1.82) is 0 Å². The van der Waals surface area contributed by atoms with Crippen molar-refractivity contribution in [2.45, 2.75) is 74.7 Å². The Morgan fingerprint density at radius 2 is 1.35 bits per heavy atom. The highest BCUT2D eigenvalue weighted by Gasteiger charge is 2.39. The molecule has 1 saturated carbocycles. The maximum Gasteiger partial charge on any atom is 0.244 e. The first-order chi connectivity index (χ1) is 23.4. The van der Waals surface area contributed by atoms with Crippen molar-refractivity contribution in [3.63, 3.8) is 0 Å². The number of nitrogens with one attached hydrogen (secondary N) is 2. The molecule has 248 valence electrons. The van der Waals surface area contributed by atoms with Gasteiger partial charge in [0.2, 0.25) is 17.7 Å². The van der Waals surface area contributed by atoms with Gasteiger partial charge in [-0.1, -0.05) is 84.9 Å². The van der Waals surface area contributed by atoms with Crippen molar-refractivity contribution in [2.75, 3.05) is 13.1 Å². The van der Waals surface area contributed by atoms with Gasteiger partial charge in [-0.3, -0.25) is 14.4 Å². The van der Waals surface area contributed by atoms with Crippen LogP contribution in [-0.2, 0) is 14.4 Å². The zero-order chi connectivity index (χ0) is 33.2. The van der Waals surface area contributed by atoms with Crippen molar-refractivity contribution in [2.24, 2.45) is 11.5 Å². The summed E-state index contributed by atoms with van der Waals surface area (Å²) >= 11 is 0. The van der Waals surface area contributed by atoms with Crippen molar-refractivity contribution >= 4 is 17.7 Å². The van der Waals surface area contributed by atoms with Gasteiger partial charge < -0.3 is 31.6 Å². The number of nitrogens with zero attached hydrogens (tertiary/aromatic N) is 3. The highest BCUT2D eigenvalue weighted by atomic mass is 16.2. The van der Waals surface area contributed by atoms with Gasteiger partial charge in [-0.05, 0) is 61.1 Å². The van der Waals surface area contributed by atoms with Crippen LogP contribution in [-0.4, -0.2) is 62.7 Å². The Bertz CT molecular complexity index is 1740. The summed E-state index contributed by atoms with van der Waals surface area (Å²) in [6.45, 7) is 1.21. The van der Waals surface area contributed by atoms with E-state index in [0.29, 0.717) is 25.4 Å². The molecule has 3 aromatic carbocycles. The Labute approximate surface area is 280 Å². The highest BCUT2D eigenvalue weighted by Crippen LogP contribution is 2.38. The van der Waals surface area contributed by atoms with Crippen LogP contribution in [0.15, 0.2) is 91.1 Å². The molecule has 3 aliphatic rings. The molecule has 1 aliphatic carbocycles. The van der Waals surface area contributed by atoms with Gasteiger partial charge in [-0.25, -0.2) is 4.98 Å². The Kier molecular flexibility index (Phi) is 9.10. The molecule has 10 nitrogen and oxygen atoms in total. The fourth-order valence-electron chi connectivity index (χ4n) is 7.47. The number of carbonyl (C=O) groups is 3. The largest absolute Gasteiger partial charge is 0.352 e. The molecule has 48 heavy (non-hydrogen) atoms. The third kappa shape index (κ3) is 6.37. The third-order valence-corrected chi connectivity index (χ3v) is 10.3. The summed E-state index contributed by atoms with van der Waals surface area (Å²) in [5.74, 6) is 0.776. The number of imidazole rings is 1. The zero-order valence-corrected chi connectivity index (χ0v) is 27.0. The van der Waals surface area contributed by atoms with Gasteiger partial charge in [-0.2, -0.15) is 0 Å². The van der Waals surface area contributed by atoms with E-state index in [-0.39, 0.29) is 29.8 Å². The number of hydrogen-bond acceptors (Lipinski definition) is 6. The molecule has 3 fully saturated rings. The quantitative estimate of drug-likeness (QED) is 0.211. The van der Waals surface area contributed by atoms with Gasteiger partial charge in [-0.15, -0.1) is 0 Å². The number of H-pyrrole nitrogens is 1. The van der Waals surface area contributed by atoms with Crippen LogP contribution in [0.5, 0.6) is 0 Å². The van der Waals surface area contributed by atoms with Gasteiger partial charge in [0.15, 0.2) is 0 Å². The molecule has 2 aliphatic heterocycles.